The first-order valence-electron chi connectivity index (χ1n) is 6.80. The minimum absolute atomic E-state index is 0.0428. The van der Waals surface area contributed by atoms with Crippen LogP contribution in [0.2, 0.25) is 0 Å². The molecule has 1 aromatic rings. The number of carbonyl (C=O) groups excluding carboxylic acids is 1. The Kier molecular flexibility index (Phi) is 6.10. The average Bonchev–Trinajstić information content (AvgIpc) is 2.39. The van der Waals surface area contributed by atoms with Gasteiger partial charge in [-0.1, -0.05) is 13.8 Å². The summed E-state index contributed by atoms with van der Waals surface area (Å²) in [7, 11) is 0. The van der Waals surface area contributed by atoms with E-state index in [-0.39, 0.29) is 35.4 Å². The first-order valence-corrected chi connectivity index (χ1v) is 6.80. The zero-order valence-electron chi connectivity index (χ0n) is 12.2. The minimum atomic E-state index is -0.649. The summed E-state index contributed by atoms with van der Waals surface area (Å²) in [4.78, 5) is 22.2. The van der Waals surface area contributed by atoms with Crippen LogP contribution in [0.5, 0.6) is 5.75 Å². The number of nitrogens with two attached hydrogens (primary N) is 1. The van der Waals surface area contributed by atoms with Crippen LogP contribution in [-0.2, 0) is 4.79 Å². The standard InChI is InChI=1S/C14H21N3O4/c1-9(2)5-10(8-15)6-14(19)16-12-4-3-11(18)7-13(12)17(20)21/h3-4,7,9-10,18H,5-6,8,15H2,1-2H3,(H,16,19). The van der Waals surface area contributed by atoms with E-state index < -0.39 is 4.92 Å². The number of hydrogen-bond donors (Lipinski definition) is 3. The van der Waals surface area contributed by atoms with Crippen LogP contribution in [0.15, 0.2) is 18.2 Å². The van der Waals surface area contributed by atoms with E-state index in [1.54, 1.807) is 0 Å². The monoisotopic (exact) mass is 295 g/mol. The van der Waals surface area contributed by atoms with Crippen molar-refractivity contribution in [2.24, 2.45) is 17.6 Å². The van der Waals surface area contributed by atoms with E-state index in [0.717, 1.165) is 12.5 Å². The zero-order chi connectivity index (χ0) is 16.0. The zero-order valence-corrected chi connectivity index (χ0v) is 12.2. The molecule has 0 heterocycles. The number of carbonyl (C=O) groups is 1. The number of benzene rings is 1. The number of aromatic hydroxyl groups is 1. The first kappa shape index (κ1) is 16.9. The van der Waals surface area contributed by atoms with Crippen LogP contribution in [0.3, 0.4) is 0 Å². The number of nitro groups is 1. The normalized spacial score (nSPS) is 12.2. The summed E-state index contributed by atoms with van der Waals surface area (Å²) in [5, 5.41) is 22.7. The highest BCUT2D eigenvalue weighted by molar-refractivity contribution is 5.93. The van der Waals surface area contributed by atoms with E-state index in [1.165, 1.54) is 12.1 Å². The van der Waals surface area contributed by atoms with Gasteiger partial charge in [-0.05, 0) is 36.9 Å². The van der Waals surface area contributed by atoms with E-state index in [2.05, 4.69) is 5.32 Å². The number of nitrogens with zero attached hydrogens (tertiary/aromatic N) is 1. The first-order chi connectivity index (χ1) is 9.83. The highest BCUT2D eigenvalue weighted by Gasteiger charge is 2.19. The Hall–Kier alpha value is -2.15. The molecule has 0 bridgehead atoms. The maximum Gasteiger partial charge on any atom is 0.296 e. The predicted octanol–water partition coefficient (Wildman–Crippen LogP) is 2.25. The Bertz CT molecular complexity index is 517. The van der Waals surface area contributed by atoms with Crippen LogP contribution in [0.25, 0.3) is 0 Å². The SMILES string of the molecule is CC(C)CC(CN)CC(=O)Nc1ccc(O)cc1[N+](=O)[O-]. The minimum Gasteiger partial charge on any atom is -0.508 e. The molecule has 0 aliphatic rings. The van der Waals surface area contributed by atoms with Crippen LogP contribution < -0.4 is 11.1 Å². The molecule has 0 saturated heterocycles. The Morgan fingerprint density at radius 2 is 2.14 bits per heavy atom. The van der Waals surface area contributed by atoms with Crippen LogP contribution in [0.1, 0.15) is 26.7 Å². The molecule has 0 aliphatic carbocycles. The third kappa shape index (κ3) is 5.39. The molecule has 116 valence electrons. The summed E-state index contributed by atoms with van der Waals surface area (Å²) in [6.07, 6.45) is 1.04. The lowest BCUT2D eigenvalue weighted by atomic mass is 9.94. The largest absolute Gasteiger partial charge is 0.508 e. The molecule has 7 nitrogen and oxygen atoms in total. The number of anilines is 1. The Labute approximate surface area is 123 Å². The van der Waals surface area contributed by atoms with Gasteiger partial charge in [0.15, 0.2) is 0 Å². The molecule has 1 aromatic carbocycles. The van der Waals surface area contributed by atoms with Crippen molar-refractivity contribution in [2.75, 3.05) is 11.9 Å². The Balaban J connectivity index is 2.77. The molecular weight excluding hydrogens is 274 g/mol. The summed E-state index contributed by atoms with van der Waals surface area (Å²) in [6, 6.07) is 3.60. The molecule has 7 heteroatoms. The number of nitrogens with one attached hydrogen (secondary N) is 1. The molecular formula is C14H21N3O4. The van der Waals surface area contributed by atoms with Crippen molar-refractivity contribution in [3.8, 4) is 5.75 Å². The van der Waals surface area contributed by atoms with Gasteiger partial charge in [-0.15, -0.1) is 0 Å². The predicted molar refractivity (Wildman–Crippen MR) is 80.0 cm³/mol. The highest BCUT2D eigenvalue weighted by Crippen LogP contribution is 2.28. The van der Waals surface area contributed by atoms with Crippen molar-refractivity contribution in [1.82, 2.24) is 0 Å². The van der Waals surface area contributed by atoms with Gasteiger partial charge in [0, 0.05) is 6.42 Å². The number of rotatable bonds is 7. The van der Waals surface area contributed by atoms with Crippen molar-refractivity contribution in [2.45, 2.75) is 26.7 Å². The van der Waals surface area contributed by atoms with Crippen LogP contribution in [0, 0.1) is 22.0 Å². The molecule has 0 aliphatic heterocycles. The Morgan fingerprint density at radius 1 is 1.48 bits per heavy atom. The quantitative estimate of drug-likeness (QED) is 0.405. The van der Waals surface area contributed by atoms with E-state index in [1.807, 2.05) is 13.8 Å². The smallest absolute Gasteiger partial charge is 0.296 e. The van der Waals surface area contributed by atoms with Gasteiger partial charge in [-0.3, -0.25) is 14.9 Å². The number of amides is 1. The second-order valence-electron chi connectivity index (χ2n) is 5.44. The second-order valence-corrected chi connectivity index (χ2v) is 5.44. The molecule has 0 spiro atoms. The van der Waals surface area contributed by atoms with Gasteiger partial charge in [0.05, 0.1) is 11.0 Å². The van der Waals surface area contributed by atoms with E-state index in [4.69, 9.17) is 5.73 Å². The van der Waals surface area contributed by atoms with Gasteiger partial charge in [0.1, 0.15) is 11.4 Å². The molecule has 0 saturated carbocycles. The van der Waals surface area contributed by atoms with Crippen LogP contribution in [-0.4, -0.2) is 22.5 Å². The number of hydrogen-bond acceptors (Lipinski definition) is 5. The Morgan fingerprint density at radius 3 is 2.67 bits per heavy atom. The van der Waals surface area contributed by atoms with E-state index in [0.29, 0.717) is 12.5 Å². The molecule has 21 heavy (non-hydrogen) atoms. The van der Waals surface area contributed by atoms with Crippen molar-refractivity contribution in [3.63, 3.8) is 0 Å². The summed E-state index contributed by atoms with van der Waals surface area (Å²) >= 11 is 0. The highest BCUT2D eigenvalue weighted by atomic mass is 16.6. The molecule has 0 radical (unpaired) electrons. The van der Waals surface area contributed by atoms with Gasteiger partial charge in [-0.25, -0.2) is 0 Å². The summed E-state index contributed by atoms with van der Waals surface area (Å²) in [5.41, 5.74) is 5.38. The van der Waals surface area contributed by atoms with E-state index >= 15 is 0 Å². The summed E-state index contributed by atoms with van der Waals surface area (Å²) in [5.74, 6) is -0.0743. The van der Waals surface area contributed by atoms with Crippen molar-refractivity contribution in [3.05, 3.63) is 28.3 Å². The average molecular weight is 295 g/mol. The topological polar surface area (TPSA) is 118 Å². The summed E-state index contributed by atoms with van der Waals surface area (Å²) < 4.78 is 0. The van der Waals surface area contributed by atoms with Gasteiger partial charge < -0.3 is 16.2 Å². The number of phenols is 1. The summed E-state index contributed by atoms with van der Waals surface area (Å²) in [6.45, 7) is 4.49. The molecule has 4 N–H and O–H groups in total. The molecule has 1 rings (SSSR count). The molecule has 1 amide bonds. The molecule has 1 unspecified atom stereocenters. The molecule has 0 fully saturated rings. The lowest BCUT2D eigenvalue weighted by Gasteiger charge is -2.16. The fourth-order valence-electron chi connectivity index (χ4n) is 2.17. The third-order valence-electron chi connectivity index (χ3n) is 3.06. The fraction of sp³-hybridized carbons (Fsp3) is 0.500. The van der Waals surface area contributed by atoms with Gasteiger partial charge in [0.2, 0.25) is 5.91 Å². The lowest BCUT2D eigenvalue weighted by Crippen LogP contribution is -2.23. The van der Waals surface area contributed by atoms with E-state index in [9.17, 15) is 20.0 Å². The molecule has 1 atom stereocenters. The lowest BCUT2D eigenvalue weighted by molar-refractivity contribution is -0.384. The van der Waals surface area contributed by atoms with Crippen LogP contribution in [0.4, 0.5) is 11.4 Å². The maximum absolute atomic E-state index is 12.0. The van der Waals surface area contributed by atoms with Gasteiger partial charge in [-0.2, -0.15) is 0 Å². The van der Waals surface area contributed by atoms with Crippen molar-refractivity contribution < 1.29 is 14.8 Å². The number of phenolic OH excluding ortho intramolecular Hbond substituents is 1. The maximum atomic E-state index is 12.0. The van der Waals surface area contributed by atoms with Gasteiger partial charge in [0.25, 0.3) is 5.69 Å². The molecule has 0 aromatic heterocycles. The fourth-order valence-corrected chi connectivity index (χ4v) is 2.17. The third-order valence-corrected chi connectivity index (χ3v) is 3.06. The van der Waals surface area contributed by atoms with Crippen molar-refractivity contribution >= 4 is 17.3 Å². The second kappa shape index (κ2) is 7.58. The van der Waals surface area contributed by atoms with Crippen LogP contribution >= 0.6 is 0 Å². The van der Waals surface area contributed by atoms with Crippen molar-refractivity contribution in [1.29, 1.82) is 0 Å². The van der Waals surface area contributed by atoms with Gasteiger partial charge >= 0.3 is 0 Å². The number of nitro benzene ring substituents is 1.